The molecular formula is C17H21ClN4O. The first kappa shape index (κ1) is 16.0. The molecule has 1 aliphatic rings. The van der Waals surface area contributed by atoms with Gasteiger partial charge in [-0.2, -0.15) is 0 Å². The van der Waals surface area contributed by atoms with Gasteiger partial charge in [0.15, 0.2) is 0 Å². The molecule has 2 aromatic rings. The Morgan fingerprint density at radius 2 is 1.83 bits per heavy atom. The lowest BCUT2D eigenvalue weighted by atomic mass is 10.1. The molecule has 0 aliphatic carbocycles. The Balaban J connectivity index is 1.83. The molecule has 0 amide bonds. The number of benzene rings is 1. The molecule has 1 fully saturated rings. The van der Waals surface area contributed by atoms with Crippen LogP contribution in [0.2, 0.25) is 5.02 Å². The van der Waals surface area contributed by atoms with Crippen molar-refractivity contribution in [3.8, 4) is 0 Å². The number of piperazine rings is 1. The highest BCUT2D eigenvalue weighted by Crippen LogP contribution is 2.15. The minimum Gasteiger partial charge on any atom is -0.340 e. The molecule has 23 heavy (non-hydrogen) atoms. The van der Waals surface area contributed by atoms with Gasteiger partial charge in [0.05, 0.1) is 5.69 Å². The number of nitrogens with zero attached hydrogens (tertiary/aromatic N) is 3. The van der Waals surface area contributed by atoms with Crippen molar-refractivity contribution < 1.29 is 0 Å². The Morgan fingerprint density at radius 1 is 1.17 bits per heavy atom. The minimum absolute atomic E-state index is 0.0543. The van der Waals surface area contributed by atoms with Crippen molar-refractivity contribution in [3.63, 3.8) is 0 Å². The molecular weight excluding hydrogens is 312 g/mol. The van der Waals surface area contributed by atoms with Crippen LogP contribution in [0.25, 0.3) is 0 Å². The average molecular weight is 333 g/mol. The normalized spacial score (nSPS) is 15.9. The third-order valence-electron chi connectivity index (χ3n) is 4.31. The van der Waals surface area contributed by atoms with Crippen molar-refractivity contribution in [1.82, 2.24) is 14.9 Å². The summed E-state index contributed by atoms with van der Waals surface area (Å²) in [6.07, 6.45) is 0.564. The number of halogens is 1. The van der Waals surface area contributed by atoms with Crippen LogP contribution in [0, 0.1) is 6.92 Å². The van der Waals surface area contributed by atoms with E-state index < -0.39 is 0 Å². The predicted molar refractivity (Wildman–Crippen MR) is 93.6 cm³/mol. The molecule has 122 valence electrons. The molecule has 0 bridgehead atoms. The summed E-state index contributed by atoms with van der Waals surface area (Å²) < 4.78 is 0. The van der Waals surface area contributed by atoms with Crippen LogP contribution in [-0.4, -0.2) is 48.1 Å². The van der Waals surface area contributed by atoms with Crippen LogP contribution in [0.15, 0.2) is 29.1 Å². The Bertz CT molecular complexity index is 733. The van der Waals surface area contributed by atoms with E-state index in [0.717, 1.165) is 37.4 Å². The number of aromatic nitrogens is 2. The number of aryl methyl sites for hydroxylation is 1. The zero-order valence-electron chi connectivity index (χ0n) is 13.5. The van der Waals surface area contributed by atoms with Gasteiger partial charge in [-0.25, -0.2) is 4.98 Å². The SMILES string of the molecule is Cc1nc(N2CCN(C)CC2)[nH]c(=O)c1Cc1ccc(Cl)cc1. The highest BCUT2D eigenvalue weighted by molar-refractivity contribution is 6.30. The van der Waals surface area contributed by atoms with Crippen LogP contribution < -0.4 is 10.5 Å². The fourth-order valence-corrected chi connectivity index (χ4v) is 2.90. The zero-order valence-corrected chi connectivity index (χ0v) is 14.2. The molecule has 0 atom stereocenters. The van der Waals surface area contributed by atoms with Gasteiger partial charge in [0.1, 0.15) is 0 Å². The Morgan fingerprint density at radius 3 is 2.43 bits per heavy atom. The second-order valence-corrected chi connectivity index (χ2v) is 6.48. The van der Waals surface area contributed by atoms with E-state index in [-0.39, 0.29) is 5.56 Å². The lowest BCUT2D eigenvalue weighted by Gasteiger charge is -2.32. The summed E-state index contributed by atoms with van der Waals surface area (Å²) in [4.78, 5) is 24.5. The molecule has 1 saturated heterocycles. The molecule has 0 saturated carbocycles. The van der Waals surface area contributed by atoms with Crippen molar-refractivity contribution in [3.05, 3.63) is 56.5 Å². The summed E-state index contributed by atoms with van der Waals surface area (Å²) in [6.45, 7) is 5.63. The lowest BCUT2D eigenvalue weighted by Crippen LogP contribution is -2.45. The average Bonchev–Trinajstić information content (AvgIpc) is 2.53. The Labute approximate surface area is 140 Å². The molecule has 2 heterocycles. The standard InChI is InChI=1S/C17H21ClN4O/c1-12-15(11-13-3-5-14(18)6-4-13)16(23)20-17(19-12)22-9-7-21(2)8-10-22/h3-6H,7-11H2,1-2H3,(H,19,20,23). The van der Waals surface area contributed by atoms with E-state index in [1.807, 2.05) is 31.2 Å². The van der Waals surface area contributed by atoms with Gasteiger partial charge < -0.3 is 9.80 Å². The first-order valence-corrected chi connectivity index (χ1v) is 8.18. The Kier molecular flexibility index (Phi) is 4.68. The summed E-state index contributed by atoms with van der Waals surface area (Å²) in [7, 11) is 2.11. The predicted octanol–water partition coefficient (Wildman–Crippen LogP) is 2.07. The van der Waals surface area contributed by atoms with E-state index in [2.05, 4.69) is 26.8 Å². The third kappa shape index (κ3) is 3.74. The molecule has 6 heteroatoms. The van der Waals surface area contributed by atoms with Crippen molar-refractivity contribution in [2.24, 2.45) is 0 Å². The summed E-state index contributed by atoms with van der Waals surface area (Å²) >= 11 is 5.91. The molecule has 1 aromatic heterocycles. The molecule has 0 radical (unpaired) electrons. The fourth-order valence-electron chi connectivity index (χ4n) is 2.78. The summed E-state index contributed by atoms with van der Waals surface area (Å²) in [5, 5.41) is 0.697. The number of aromatic amines is 1. The number of nitrogens with one attached hydrogen (secondary N) is 1. The smallest absolute Gasteiger partial charge is 0.256 e. The minimum atomic E-state index is -0.0543. The molecule has 1 aromatic carbocycles. The first-order chi connectivity index (χ1) is 11.0. The van der Waals surface area contributed by atoms with Gasteiger partial charge in [-0.05, 0) is 31.7 Å². The molecule has 5 nitrogen and oxygen atoms in total. The number of likely N-dealkylation sites (N-methyl/N-ethyl adjacent to an activating group) is 1. The number of hydrogen-bond acceptors (Lipinski definition) is 4. The van der Waals surface area contributed by atoms with E-state index in [0.29, 0.717) is 23.0 Å². The van der Waals surface area contributed by atoms with Crippen molar-refractivity contribution in [2.75, 3.05) is 38.1 Å². The topological polar surface area (TPSA) is 52.2 Å². The highest BCUT2D eigenvalue weighted by atomic mass is 35.5. The van der Waals surface area contributed by atoms with E-state index in [9.17, 15) is 4.79 Å². The number of hydrogen-bond donors (Lipinski definition) is 1. The van der Waals surface area contributed by atoms with Crippen LogP contribution in [0.5, 0.6) is 0 Å². The van der Waals surface area contributed by atoms with Crippen molar-refractivity contribution in [2.45, 2.75) is 13.3 Å². The van der Waals surface area contributed by atoms with Crippen LogP contribution in [0.3, 0.4) is 0 Å². The summed E-state index contributed by atoms with van der Waals surface area (Å²) in [5.74, 6) is 0.681. The van der Waals surface area contributed by atoms with E-state index in [1.54, 1.807) is 0 Å². The molecule has 3 rings (SSSR count). The largest absolute Gasteiger partial charge is 0.340 e. The van der Waals surface area contributed by atoms with E-state index in [1.165, 1.54) is 0 Å². The molecule has 1 N–H and O–H groups in total. The highest BCUT2D eigenvalue weighted by Gasteiger charge is 2.18. The van der Waals surface area contributed by atoms with Crippen molar-refractivity contribution in [1.29, 1.82) is 0 Å². The van der Waals surface area contributed by atoms with Crippen LogP contribution >= 0.6 is 11.6 Å². The second kappa shape index (κ2) is 6.72. The number of anilines is 1. The monoisotopic (exact) mass is 332 g/mol. The van der Waals surface area contributed by atoms with Gasteiger partial charge in [0.25, 0.3) is 5.56 Å². The third-order valence-corrected chi connectivity index (χ3v) is 4.56. The van der Waals surface area contributed by atoms with Gasteiger partial charge in [0.2, 0.25) is 5.95 Å². The number of rotatable bonds is 3. The van der Waals surface area contributed by atoms with Gasteiger partial charge in [-0.3, -0.25) is 9.78 Å². The summed E-state index contributed by atoms with van der Waals surface area (Å²) in [6, 6.07) is 7.56. The second-order valence-electron chi connectivity index (χ2n) is 6.05. The Hall–Kier alpha value is -1.85. The zero-order chi connectivity index (χ0) is 16.4. The van der Waals surface area contributed by atoms with Crippen LogP contribution in [0.1, 0.15) is 16.8 Å². The van der Waals surface area contributed by atoms with Crippen LogP contribution in [0.4, 0.5) is 5.95 Å². The maximum Gasteiger partial charge on any atom is 0.256 e. The van der Waals surface area contributed by atoms with Gasteiger partial charge in [-0.15, -0.1) is 0 Å². The maximum atomic E-state index is 12.5. The van der Waals surface area contributed by atoms with Crippen molar-refractivity contribution >= 4 is 17.5 Å². The van der Waals surface area contributed by atoms with Gasteiger partial charge in [-0.1, -0.05) is 23.7 Å². The van der Waals surface area contributed by atoms with E-state index in [4.69, 9.17) is 11.6 Å². The van der Waals surface area contributed by atoms with Crippen LogP contribution in [-0.2, 0) is 6.42 Å². The van der Waals surface area contributed by atoms with Gasteiger partial charge >= 0.3 is 0 Å². The molecule has 0 unspecified atom stereocenters. The first-order valence-electron chi connectivity index (χ1n) is 7.80. The summed E-state index contributed by atoms with van der Waals surface area (Å²) in [5.41, 5.74) is 2.50. The molecule has 1 aliphatic heterocycles. The quantitative estimate of drug-likeness (QED) is 0.935. The van der Waals surface area contributed by atoms with E-state index >= 15 is 0 Å². The van der Waals surface area contributed by atoms with Gasteiger partial charge in [0, 0.05) is 43.2 Å². The number of H-pyrrole nitrogens is 1. The maximum absolute atomic E-state index is 12.5. The molecule has 0 spiro atoms. The lowest BCUT2D eigenvalue weighted by molar-refractivity contribution is 0.311. The fraction of sp³-hybridized carbons (Fsp3) is 0.412.